The highest BCUT2D eigenvalue weighted by Gasteiger charge is 2.30. The fourth-order valence-corrected chi connectivity index (χ4v) is 4.11. The van der Waals surface area contributed by atoms with E-state index >= 15 is 0 Å². The van der Waals surface area contributed by atoms with E-state index in [-0.39, 0.29) is 6.54 Å². The van der Waals surface area contributed by atoms with Crippen molar-refractivity contribution in [1.82, 2.24) is 14.8 Å². The van der Waals surface area contributed by atoms with E-state index in [9.17, 15) is 13.2 Å². The van der Waals surface area contributed by atoms with Crippen molar-refractivity contribution in [1.29, 1.82) is 0 Å². The Labute approximate surface area is 192 Å². The Balaban J connectivity index is 1.56. The third-order valence-corrected chi connectivity index (χ3v) is 5.89. The average Bonchev–Trinajstić information content (AvgIpc) is 3.20. The number of para-hydroxylation sites is 1. The Morgan fingerprint density at radius 2 is 1.66 bits per heavy atom. The third-order valence-electron chi connectivity index (χ3n) is 4.64. The smallest absolute Gasteiger partial charge is 0.378 e. The van der Waals surface area contributed by atoms with Crippen molar-refractivity contribution in [2.75, 3.05) is 5.32 Å². The number of nitrogens with one attached hydrogen (secondary N) is 1. The molecule has 0 bridgehead atoms. The second-order valence-electron chi connectivity index (χ2n) is 6.92. The van der Waals surface area contributed by atoms with Gasteiger partial charge in [-0.1, -0.05) is 59.8 Å². The molecule has 0 spiro atoms. The number of aromatic nitrogens is 3. The van der Waals surface area contributed by atoms with Crippen LogP contribution in [-0.4, -0.2) is 14.8 Å². The second-order valence-corrected chi connectivity index (χ2v) is 8.30. The number of alkyl halides is 3. The minimum atomic E-state index is -4.40. The number of hydrogen-bond acceptors (Lipinski definition) is 4. The molecule has 4 aromatic rings. The molecule has 0 saturated heterocycles. The van der Waals surface area contributed by atoms with Crippen LogP contribution in [0.1, 0.15) is 17.0 Å². The van der Waals surface area contributed by atoms with Gasteiger partial charge in [-0.25, -0.2) is 0 Å². The molecule has 164 valence electrons. The van der Waals surface area contributed by atoms with Gasteiger partial charge in [-0.2, -0.15) is 13.2 Å². The highest BCUT2D eigenvalue weighted by atomic mass is 35.5. The molecule has 0 aliphatic heterocycles. The first-order valence-corrected chi connectivity index (χ1v) is 11.0. The maximum absolute atomic E-state index is 13.0. The Kier molecular flexibility index (Phi) is 6.72. The second kappa shape index (κ2) is 9.67. The summed E-state index contributed by atoms with van der Waals surface area (Å²) in [5, 5.41) is 13.0. The van der Waals surface area contributed by atoms with E-state index in [1.807, 2.05) is 59.2 Å². The van der Waals surface area contributed by atoms with E-state index < -0.39 is 11.7 Å². The zero-order valence-corrected chi connectivity index (χ0v) is 18.3. The van der Waals surface area contributed by atoms with Crippen LogP contribution in [0.25, 0.3) is 5.69 Å². The fourth-order valence-electron chi connectivity index (χ4n) is 3.06. The molecule has 32 heavy (non-hydrogen) atoms. The van der Waals surface area contributed by atoms with Gasteiger partial charge in [-0.15, -0.1) is 10.2 Å². The van der Waals surface area contributed by atoms with E-state index in [0.717, 1.165) is 23.4 Å². The van der Waals surface area contributed by atoms with Gasteiger partial charge < -0.3 is 5.32 Å². The van der Waals surface area contributed by atoms with Gasteiger partial charge in [0, 0.05) is 22.2 Å². The predicted octanol–water partition coefficient (Wildman–Crippen LogP) is 6.84. The lowest BCUT2D eigenvalue weighted by atomic mass is 10.2. The maximum Gasteiger partial charge on any atom is 0.416 e. The van der Waals surface area contributed by atoms with Gasteiger partial charge in [0.05, 0.1) is 12.1 Å². The average molecular weight is 475 g/mol. The molecule has 0 radical (unpaired) electrons. The molecule has 0 aliphatic carbocycles. The van der Waals surface area contributed by atoms with Crippen molar-refractivity contribution in [3.8, 4) is 5.69 Å². The number of thioether (sulfide) groups is 1. The van der Waals surface area contributed by atoms with Crippen molar-refractivity contribution >= 4 is 29.1 Å². The van der Waals surface area contributed by atoms with Crippen molar-refractivity contribution < 1.29 is 13.2 Å². The Hall–Kier alpha value is -2.97. The Bertz CT molecular complexity index is 1180. The first kappa shape index (κ1) is 22.2. The third kappa shape index (κ3) is 5.44. The number of nitrogens with zero attached hydrogens (tertiary/aromatic N) is 3. The summed E-state index contributed by atoms with van der Waals surface area (Å²) in [4.78, 5) is 0. The minimum absolute atomic E-state index is 0.213. The van der Waals surface area contributed by atoms with Crippen LogP contribution >= 0.6 is 23.4 Å². The van der Waals surface area contributed by atoms with Crippen LogP contribution in [0.15, 0.2) is 84.0 Å². The monoisotopic (exact) mass is 474 g/mol. The molecule has 4 rings (SSSR count). The number of rotatable bonds is 7. The lowest BCUT2D eigenvalue weighted by molar-refractivity contribution is -0.137. The fraction of sp³-hybridized carbons (Fsp3) is 0.130. The van der Waals surface area contributed by atoms with Crippen molar-refractivity contribution in [3.05, 3.63) is 101 Å². The van der Waals surface area contributed by atoms with Crippen LogP contribution in [0.2, 0.25) is 5.02 Å². The topological polar surface area (TPSA) is 42.7 Å². The van der Waals surface area contributed by atoms with Gasteiger partial charge in [-0.3, -0.25) is 4.57 Å². The lowest BCUT2D eigenvalue weighted by Crippen LogP contribution is -2.10. The molecular formula is C23H18ClF3N4S. The standard InChI is InChI=1S/C23H18ClF3N4S/c24-18-11-9-16(10-12-18)15-32-22-30-29-21(31(22)20-7-2-1-3-8-20)14-28-19-6-4-5-17(13-19)23(25,26)27/h1-13,28H,14-15H2. The van der Waals surface area contributed by atoms with Crippen LogP contribution in [0, 0.1) is 0 Å². The first-order chi connectivity index (χ1) is 15.4. The quantitative estimate of drug-likeness (QED) is 0.298. The van der Waals surface area contributed by atoms with Gasteiger partial charge in [0.1, 0.15) is 0 Å². The molecule has 9 heteroatoms. The van der Waals surface area contributed by atoms with Gasteiger partial charge >= 0.3 is 6.18 Å². The normalized spacial score (nSPS) is 11.5. The van der Waals surface area contributed by atoms with E-state index in [0.29, 0.717) is 27.4 Å². The van der Waals surface area contributed by atoms with Crippen LogP contribution in [0.5, 0.6) is 0 Å². The summed E-state index contributed by atoms with van der Waals surface area (Å²) < 4.78 is 40.9. The van der Waals surface area contributed by atoms with Crippen LogP contribution in [0.4, 0.5) is 18.9 Å². The summed E-state index contributed by atoms with van der Waals surface area (Å²) in [7, 11) is 0. The molecule has 1 N–H and O–H groups in total. The van der Waals surface area contributed by atoms with E-state index in [4.69, 9.17) is 11.6 Å². The van der Waals surface area contributed by atoms with Crippen LogP contribution < -0.4 is 5.32 Å². The van der Waals surface area contributed by atoms with E-state index in [2.05, 4.69) is 15.5 Å². The molecule has 3 aromatic carbocycles. The van der Waals surface area contributed by atoms with Crippen molar-refractivity contribution in [2.45, 2.75) is 23.6 Å². The lowest BCUT2D eigenvalue weighted by Gasteiger charge is -2.13. The summed E-state index contributed by atoms with van der Waals surface area (Å²) in [6.45, 7) is 0.213. The zero-order chi connectivity index (χ0) is 22.6. The minimum Gasteiger partial charge on any atom is -0.378 e. The highest BCUT2D eigenvalue weighted by Crippen LogP contribution is 2.31. The molecule has 1 heterocycles. The molecule has 1 aromatic heterocycles. The highest BCUT2D eigenvalue weighted by molar-refractivity contribution is 7.98. The Morgan fingerprint density at radius 3 is 2.38 bits per heavy atom. The summed E-state index contributed by atoms with van der Waals surface area (Å²) >= 11 is 7.47. The molecular weight excluding hydrogens is 457 g/mol. The molecule has 0 amide bonds. The Morgan fingerprint density at radius 1 is 0.906 bits per heavy atom. The molecule has 0 aliphatic rings. The largest absolute Gasteiger partial charge is 0.416 e. The zero-order valence-electron chi connectivity index (χ0n) is 16.7. The molecule has 0 fully saturated rings. The summed E-state index contributed by atoms with van der Waals surface area (Å²) in [6.07, 6.45) is -4.40. The van der Waals surface area contributed by atoms with E-state index in [1.54, 1.807) is 6.07 Å². The maximum atomic E-state index is 13.0. The number of hydrogen-bond donors (Lipinski definition) is 1. The molecule has 0 atom stereocenters. The van der Waals surface area contributed by atoms with Crippen LogP contribution in [0.3, 0.4) is 0 Å². The van der Waals surface area contributed by atoms with Gasteiger partial charge in [-0.05, 0) is 48.0 Å². The van der Waals surface area contributed by atoms with Gasteiger partial charge in [0.2, 0.25) is 0 Å². The number of benzene rings is 3. The number of halogens is 4. The summed E-state index contributed by atoms with van der Waals surface area (Å²) in [5.41, 5.74) is 1.62. The van der Waals surface area contributed by atoms with Crippen molar-refractivity contribution in [2.24, 2.45) is 0 Å². The van der Waals surface area contributed by atoms with Gasteiger partial charge in [0.15, 0.2) is 11.0 Å². The first-order valence-electron chi connectivity index (χ1n) is 9.68. The summed E-state index contributed by atoms with van der Waals surface area (Å²) in [6, 6.07) is 22.3. The molecule has 0 saturated carbocycles. The van der Waals surface area contributed by atoms with Crippen LogP contribution in [-0.2, 0) is 18.5 Å². The number of anilines is 1. The predicted molar refractivity (Wildman–Crippen MR) is 121 cm³/mol. The van der Waals surface area contributed by atoms with E-state index in [1.165, 1.54) is 17.8 Å². The summed E-state index contributed by atoms with van der Waals surface area (Å²) in [5.74, 6) is 1.26. The molecule has 0 unspecified atom stereocenters. The molecule has 4 nitrogen and oxygen atoms in total. The van der Waals surface area contributed by atoms with Crippen molar-refractivity contribution in [3.63, 3.8) is 0 Å². The van der Waals surface area contributed by atoms with Gasteiger partial charge in [0.25, 0.3) is 0 Å². The SMILES string of the molecule is FC(F)(F)c1cccc(NCc2nnc(SCc3ccc(Cl)cc3)n2-c2ccccc2)c1.